The molecule has 2 aliphatic rings. The van der Waals surface area contributed by atoms with Crippen molar-refractivity contribution in [1.29, 1.82) is 0 Å². The summed E-state index contributed by atoms with van der Waals surface area (Å²) in [4.78, 5) is 15.3. The first-order chi connectivity index (χ1) is 7.74. The van der Waals surface area contributed by atoms with Crippen LogP contribution in [-0.4, -0.2) is 23.9 Å². The molecule has 0 radical (unpaired) electrons. The van der Waals surface area contributed by atoms with Gasteiger partial charge in [-0.15, -0.1) is 0 Å². The van der Waals surface area contributed by atoms with Crippen LogP contribution in [-0.2, 0) is 4.79 Å². The lowest BCUT2D eigenvalue weighted by atomic mass is 9.78. The number of aliphatic imine (C=N–C) groups is 1. The molecular weight excluding hydrogens is 206 g/mol. The molecule has 1 aromatic rings. The Kier molecular flexibility index (Phi) is 1.68. The van der Waals surface area contributed by atoms with Crippen molar-refractivity contribution >= 4 is 17.8 Å². The van der Waals surface area contributed by atoms with E-state index in [9.17, 15) is 9.90 Å². The fraction of sp³-hybridized carbons (Fsp3) is 0.167. The van der Waals surface area contributed by atoms with Crippen molar-refractivity contribution < 1.29 is 14.6 Å². The summed E-state index contributed by atoms with van der Waals surface area (Å²) < 4.78 is 5.49. The van der Waals surface area contributed by atoms with Crippen molar-refractivity contribution in [2.24, 2.45) is 10.4 Å². The second-order valence-electron chi connectivity index (χ2n) is 3.88. The van der Waals surface area contributed by atoms with Crippen LogP contribution in [0.25, 0.3) is 5.57 Å². The molecule has 1 unspecified atom stereocenters. The number of carbonyl (C=O) groups is 1. The fourth-order valence-corrected chi connectivity index (χ4v) is 2.09. The summed E-state index contributed by atoms with van der Waals surface area (Å²) in [5.41, 5.74) is 0.421. The van der Waals surface area contributed by atoms with E-state index in [1.807, 2.05) is 24.3 Å². The third-order valence-electron chi connectivity index (χ3n) is 2.99. The largest absolute Gasteiger partial charge is 0.491 e. The maximum atomic E-state index is 11.4. The summed E-state index contributed by atoms with van der Waals surface area (Å²) >= 11 is 0. The predicted molar refractivity (Wildman–Crippen MR) is 58.5 cm³/mol. The molecule has 0 amide bonds. The fourth-order valence-electron chi connectivity index (χ4n) is 2.09. The van der Waals surface area contributed by atoms with Gasteiger partial charge < -0.3 is 9.84 Å². The molecule has 1 N–H and O–H groups in total. The number of para-hydroxylation sites is 1. The minimum atomic E-state index is -1.10. The minimum Gasteiger partial charge on any atom is -0.491 e. The number of carboxylic acids is 1. The van der Waals surface area contributed by atoms with Crippen LogP contribution in [0.15, 0.2) is 35.5 Å². The van der Waals surface area contributed by atoms with Gasteiger partial charge in [-0.2, -0.15) is 0 Å². The molecule has 1 atom stereocenters. The van der Waals surface area contributed by atoms with Gasteiger partial charge in [0.05, 0.1) is 0 Å². The van der Waals surface area contributed by atoms with Crippen molar-refractivity contribution in [3.8, 4) is 5.75 Å². The number of nitrogens with zero attached hydrogens (tertiary/aromatic N) is 1. The Labute approximate surface area is 91.9 Å². The molecule has 0 saturated heterocycles. The van der Waals surface area contributed by atoms with Crippen molar-refractivity contribution in [3.63, 3.8) is 0 Å². The third kappa shape index (κ3) is 0.984. The van der Waals surface area contributed by atoms with E-state index in [0.29, 0.717) is 5.57 Å². The molecule has 2 aliphatic heterocycles. The number of rotatable bonds is 1. The first-order valence-electron chi connectivity index (χ1n) is 4.95. The maximum absolute atomic E-state index is 11.4. The molecule has 80 valence electrons. The van der Waals surface area contributed by atoms with Crippen molar-refractivity contribution in [1.82, 2.24) is 0 Å². The van der Waals surface area contributed by atoms with Crippen LogP contribution in [0.4, 0.5) is 0 Å². The number of hydrogen-bond donors (Lipinski definition) is 1. The first-order valence-corrected chi connectivity index (χ1v) is 4.95. The number of ether oxygens (including phenoxy) is 1. The predicted octanol–water partition coefficient (Wildman–Crippen LogP) is 1.58. The van der Waals surface area contributed by atoms with Crippen LogP contribution in [0.2, 0.25) is 0 Å². The van der Waals surface area contributed by atoms with Gasteiger partial charge in [-0.3, -0.25) is 9.79 Å². The summed E-state index contributed by atoms with van der Waals surface area (Å²) in [6.45, 7) is 0.106. The maximum Gasteiger partial charge on any atom is 0.323 e. The molecule has 4 heteroatoms. The van der Waals surface area contributed by atoms with E-state index in [2.05, 4.69) is 4.99 Å². The molecule has 4 nitrogen and oxygen atoms in total. The van der Waals surface area contributed by atoms with Gasteiger partial charge in [0.1, 0.15) is 12.4 Å². The van der Waals surface area contributed by atoms with Gasteiger partial charge in [-0.05, 0) is 6.07 Å². The van der Waals surface area contributed by atoms with E-state index >= 15 is 0 Å². The zero-order valence-corrected chi connectivity index (χ0v) is 8.38. The quantitative estimate of drug-likeness (QED) is 0.773. The van der Waals surface area contributed by atoms with Gasteiger partial charge in [-0.1, -0.05) is 18.2 Å². The van der Waals surface area contributed by atoms with E-state index < -0.39 is 11.4 Å². The van der Waals surface area contributed by atoms with E-state index in [0.717, 1.165) is 11.3 Å². The van der Waals surface area contributed by atoms with E-state index in [1.54, 1.807) is 6.20 Å². The molecule has 0 bridgehead atoms. The highest BCUT2D eigenvalue weighted by molar-refractivity contribution is 6.11. The normalized spacial score (nSPS) is 25.4. The van der Waals surface area contributed by atoms with Crippen LogP contribution >= 0.6 is 0 Å². The Hall–Kier alpha value is -2.10. The van der Waals surface area contributed by atoms with Crippen molar-refractivity contribution in [2.45, 2.75) is 0 Å². The highest BCUT2D eigenvalue weighted by Crippen LogP contribution is 2.45. The van der Waals surface area contributed by atoms with Crippen molar-refractivity contribution in [3.05, 3.63) is 36.0 Å². The summed E-state index contributed by atoms with van der Waals surface area (Å²) in [6, 6.07) is 7.41. The molecule has 3 rings (SSSR count). The zero-order chi connectivity index (χ0) is 11.2. The lowest BCUT2D eigenvalue weighted by molar-refractivity contribution is -0.143. The molecule has 0 fully saturated rings. The van der Waals surface area contributed by atoms with Gasteiger partial charge in [-0.25, -0.2) is 0 Å². The van der Waals surface area contributed by atoms with Gasteiger partial charge in [0.2, 0.25) is 0 Å². The molecule has 1 aromatic carbocycles. The van der Waals surface area contributed by atoms with E-state index in [4.69, 9.17) is 4.74 Å². The van der Waals surface area contributed by atoms with Crippen molar-refractivity contribution in [2.75, 3.05) is 6.61 Å². The molecule has 16 heavy (non-hydrogen) atoms. The van der Waals surface area contributed by atoms with Gasteiger partial charge in [0.25, 0.3) is 0 Å². The monoisotopic (exact) mass is 215 g/mol. The Morgan fingerprint density at radius 2 is 2.25 bits per heavy atom. The standard InChI is InChI=1S/C12H9NO3/c14-11(15)12-6-13-5-9(12)8-3-1-2-4-10(8)16-7-12/h1-6H,7H2,(H,14,15). The van der Waals surface area contributed by atoms with Gasteiger partial charge >= 0.3 is 5.97 Å². The Balaban J connectivity index is 2.20. The molecule has 0 aliphatic carbocycles. The average molecular weight is 215 g/mol. The Morgan fingerprint density at radius 3 is 3.06 bits per heavy atom. The minimum absolute atomic E-state index is 0.106. The number of fused-ring (bicyclic) bond motifs is 3. The number of benzene rings is 1. The second kappa shape index (κ2) is 2.95. The molecule has 0 spiro atoms. The molecule has 2 heterocycles. The number of hydrogen-bond acceptors (Lipinski definition) is 3. The lowest BCUT2D eigenvalue weighted by Crippen LogP contribution is -2.40. The summed E-state index contributed by atoms with van der Waals surface area (Å²) in [7, 11) is 0. The SMILES string of the molecule is O=C(O)C12C=NC=C1c1ccccc1OC2. The topological polar surface area (TPSA) is 58.9 Å². The molecule has 0 saturated carbocycles. The zero-order valence-electron chi connectivity index (χ0n) is 8.38. The Bertz CT molecular complexity index is 533. The van der Waals surface area contributed by atoms with Crippen LogP contribution < -0.4 is 4.74 Å². The lowest BCUT2D eigenvalue weighted by Gasteiger charge is -2.31. The first kappa shape index (κ1) is 9.15. The number of aliphatic carboxylic acids is 1. The second-order valence-corrected chi connectivity index (χ2v) is 3.88. The van der Waals surface area contributed by atoms with E-state index in [1.165, 1.54) is 6.21 Å². The molecular formula is C12H9NO3. The van der Waals surface area contributed by atoms with Crippen LogP contribution in [0.5, 0.6) is 5.75 Å². The van der Waals surface area contributed by atoms with Crippen LogP contribution in [0.3, 0.4) is 0 Å². The summed E-state index contributed by atoms with van der Waals surface area (Å²) in [5.74, 6) is -0.203. The van der Waals surface area contributed by atoms with Gasteiger partial charge in [0.15, 0.2) is 5.41 Å². The van der Waals surface area contributed by atoms with E-state index in [-0.39, 0.29) is 6.61 Å². The van der Waals surface area contributed by atoms with Crippen LogP contribution in [0.1, 0.15) is 5.56 Å². The Morgan fingerprint density at radius 1 is 1.44 bits per heavy atom. The third-order valence-corrected chi connectivity index (χ3v) is 2.99. The smallest absolute Gasteiger partial charge is 0.323 e. The molecule has 0 aromatic heterocycles. The average Bonchev–Trinajstić information content (AvgIpc) is 2.74. The highest BCUT2D eigenvalue weighted by Gasteiger charge is 2.48. The summed E-state index contributed by atoms with van der Waals surface area (Å²) in [6.07, 6.45) is 3.05. The van der Waals surface area contributed by atoms with Gasteiger partial charge in [0, 0.05) is 23.6 Å². The summed E-state index contributed by atoms with van der Waals surface area (Å²) in [5, 5.41) is 9.31. The van der Waals surface area contributed by atoms with Crippen LogP contribution in [0, 0.1) is 5.41 Å². The highest BCUT2D eigenvalue weighted by atomic mass is 16.5. The number of carboxylic acid groups (broad SMARTS) is 1.